The van der Waals surface area contributed by atoms with Gasteiger partial charge in [-0.2, -0.15) is 0 Å². The van der Waals surface area contributed by atoms with Crippen molar-refractivity contribution in [3.63, 3.8) is 0 Å². The summed E-state index contributed by atoms with van der Waals surface area (Å²) in [6.45, 7) is 3.30. The summed E-state index contributed by atoms with van der Waals surface area (Å²) in [5.74, 6) is 0.787. The Hall–Kier alpha value is -2.64. The SMILES string of the molecule is NCc1cc2nc(-c3ccnc(N4CCNC5(CC5)C4)n3)ccc2cn1. The zero-order chi connectivity index (χ0) is 17.6. The Kier molecular flexibility index (Phi) is 3.58. The van der Waals surface area contributed by atoms with Crippen molar-refractivity contribution in [2.45, 2.75) is 24.9 Å². The van der Waals surface area contributed by atoms with E-state index in [1.54, 1.807) is 0 Å². The van der Waals surface area contributed by atoms with Crippen molar-refractivity contribution in [3.05, 3.63) is 42.4 Å². The van der Waals surface area contributed by atoms with E-state index in [-0.39, 0.29) is 0 Å². The minimum Gasteiger partial charge on any atom is -0.338 e. The van der Waals surface area contributed by atoms with Gasteiger partial charge in [-0.25, -0.2) is 15.0 Å². The fourth-order valence-corrected chi connectivity index (χ4v) is 3.57. The van der Waals surface area contributed by atoms with E-state index in [9.17, 15) is 0 Å². The van der Waals surface area contributed by atoms with Crippen molar-refractivity contribution in [1.29, 1.82) is 0 Å². The lowest BCUT2D eigenvalue weighted by Crippen LogP contribution is -2.53. The molecule has 0 atom stereocenters. The molecule has 1 saturated carbocycles. The molecular weight excluding hydrogens is 326 g/mol. The molecule has 1 saturated heterocycles. The number of nitrogens with zero attached hydrogens (tertiary/aromatic N) is 5. The summed E-state index contributed by atoms with van der Waals surface area (Å²) in [6.07, 6.45) is 6.12. The number of aromatic nitrogens is 4. The molecule has 1 aliphatic carbocycles. The van der Waals surface area contributed by atoms with Crippen LogP contribution in [0.2, 0.25) is 0 Å². The van der Waals surface area contributed by atoms with Gasteiger partial charge in [-0.1, -0.05) is 0 Å². The monoisotopic (exact) mass is 347 g/mol. The van der Waals surface area contributed by atoms with Crippen LogP contribution in [0.4, 0.5) is 5.95 Å². The number of nitrogens with two attached hydrogens (primary N) is 1. The highest BCUT2D eigenvalue weighted by Gasteiger charge is 2.46. The van der Waals surface area contributed by atoms with Gasteiger partial charge in [-0.05, 0) is 37.1 Å². The third-order valence-corrected chi connectivity index (χ3v) is 5.26. The Labute approximate surface area is 151 Å². The maximum absolute atomic E-state index is 5.70. The summed E-state index contributed by atoms with van der Waals surface area (Å²) in [5, 5.41) is 4.62. The summed E-state index contributed by atoms with van der Waals surface area (Å²) >= 11 is 0. The molecule has 2 fully saturated rings. The van der Waals surface area contributed by atoms with Gasteiger partial charge in [0.2, 0.25) is 5.95 Å². The maximum Gasteiger partial charge on any atom is 0.226 e. The molecule has 1 aliphatic heterocycles. The molecule has 3 aromatic rings. The van der Waals surface area contributed by atoms with Gasteiger partial charge >= 0.3 is 0 Å². The van der Waals surface area contributed by atoms with Gasteiger partial charge in [-0.15, -0.1) is 0 Å². The first-order valence-corrected chi connectivity index (χ1v) is 9.04. The van der Waals surface area contributed by atoms with E-state index in [0.717, 1.165) is 53.6 Å². The molecule has 0 aromatic carbocycles. The summed E-state index contributed by atoms with van der Waals surface area (Å²) in [7, 11) is 0. The predicted octanol–water partition coefficient (Wildman–Crippen LogP) is 1.49. The lowest BCUT2D eigenvalue weighted by Gasteiger charge is -2.34. The number of hydrogen-bond donors (Lipinski definition) is 2. The van der Waals surface area contributed by atoms with E-state index in [1.165, 1.54) is 12.8 Å². The zero-order valence-corrected chi connectivity index (χ0v) is 14.5. The molecule has 0 bridgehead atoms. The molecule has 2 aliphatic rings. The Balaban J connectivity index is 1.49. The van der Waals surface area contributed by atoms with Crippen LogP contribution >= 0.6 is 0 Å². The average Bonchev–Trinajstić information content (AvgIpc) is 3.45. The first-order chi connectivity index (χ1) is 12.7. The Bertz CT molecular complexity index is 967. The van der Waals surface area contributed by atoms with Gasteiger partial charge in [0.25, 0.3) is 0 Å². The highest BCUT2D eigenvalue weighted by molar-refractivity contribution is 5.80. The molecule has 1 spiro atoms. The van der Waals surface area contributed by atoms with Crippen molar-refractivity contribution in [3.8, 4) is 11.4 Å². The molecule has 7 heteroatoms. The Morgan fingerprint density at radius 1 is 1.12 bits per heavy atom. The number of rotatable bonds is 3. The minimum atomic E-state index is 0.296. The zero-order valence-electron chi connectivity index (χ0n) is 14.5. The van der Waals surface area contributed by atoms with Gasteiger partial charge in [0.15, 0.2) is 0 Å². The van der Waals surface area contributed by atoms with Crippen LogP contribution in [-0.2, 0) is 6.54 Å². The summed E-state index contributed by atoms with van der Waals surface area (Å²) in [4.78, 5) is 20.7. The van der Waals surface area contributed by atoms with Crippen molar-refractivity contribution in [1.82, 2.24) is 25.3 Å². The summed E-state index contributed by atoms with van der Waals surface area (Å²) in [6, 6.07) is 7.86. The predicted molar refractivity (Wildman–Crippen MR) is 101 cm³/mol. The summed E-state index contributed by atoms with van der Waals surface area (Å²) in [5.41, 5.74) is 9.39. The first kappa shape index (κ1) is 15.6. The Morgan fingerprint density at radius 2 is 2.00 bits per heavy atom. The minimum absolute atomic E-state index is 0.296. The largest absolute Gasteiger partial charge is 0.338 e. The second kappa shape index (κ2) is 5.96. The lowest BCUT2D eigenvalue weighted by molar-refractivity contribution is 0.438. The third-order valence-electron chi connectivity index (χ3n) is 5.26. The van der Waals surface area contributed by atoms with E-state index < -0.39 is 0 Å². The quantitative estimate of drug-likeness (QED) is 0.741. The van der Waals surface area contributed by atoms with Crippen LogP contribution in [0.1, 0.15) is 18.5 Å². The topological polar surface area (TPSA) is 92.8 Å². The number of pyridine rings is 2. The molecule has 0 radical (unpaired) electrons. The number of hydrogen-bond acceptors (Lipinski definition) is 7. The van der Waals surface area contributed by atoms with Crippen LogP contribution in [0.25, 0.3) is 22.3 Å². The van der Waals surface area contributed by atoms with Crippen LogP contribution in [0.5, 0.6) is 0 Å². The van der Waals surface area contributed by atoms with E-state index in [2.05, 4.69) is 20.2 Å². The number of nitrogens with one attached hydrogen (secondary N) is 1. The number of anilines is 1. The fourth-order valence-electron chi connectivity index (χ4n) is 3.57. The van der Waals surface area contributed by atoms with E-state index >= 15 is 0 Å². The molecule has 3 aromatic heterocycles. The number of fused-ring (bicyclic) bond motifs is 1. The van der Waals surface area contributed by atoms with Gasteiger partial charge in [0.05, 0.1) is 22.6 Å². The van der Waals surface area contributed by atoms with Gasteiger partial charge < -0.3 is 16.0 Å². The molecule has 7 nitrogen and oxygen atoms in total. The van der Waals surface area contributed by atoms with Gasteiger partial charge in [0, 0.05) is 49.5 Å². The maximum atomic E-state index is 5.70. The molecule has 132 valence electrons. The normalized spacial score (nSPS) is 18.4. The molecule has 4 heterocycles. The second-order valence-corrected chi connectivity index (χ2v) is 7.14. The van der Waals surface area contributed by atoms with Crippen LogP contribution < -0.4 is 16.0 Å². The summed E-state index contributed by atoms with van der Waals surface area (Å²) < 4.78 is 0. The van der Waals surface area contributed by atoms with Crippen molar-refractivity contribution < 1.29 is 0 Å². The van der Waals surface area contributed by atoms with Gasteiger partial charge in [0.1, 0.15) is 0 Å². The fraction of sp³-hybridized carbons (Fsp3) is 0.368. The molecule has 26 heavy (non-hydrogen) atoms. The molecule has 0 unspecified atom stereocenters. The van der Waals surface area contributed by atoms with Crippen molar-refractivity contribution in [2.75, 3.05) is 24.5 Å². The highest BCUT2D eigenvalue weighted by Crippen LogP contribution is 2.38. The second-order valence-electron chi connectivity index (χ2n) is 7.14. The first-order valence-electron chi connectivity index (χ1n) is 9.04. The van der Waals surface area contributed by atoms with Crippen LogP contribution in [0, 0.1) is 0 Å². The van der Waals surface area contributed by atoms with Crippen molar-refractivity contribution in [2.24, 2.45) is 5.73 Å². The van der Waals surface area contributed by atoms with E-state index in [4.69, 9.17) is 15.7 Å². The van der Waals surface area contributed by atoms with Crippen molar-refractivity contribution >= 4 is 16.9 Å². The standard InChI is InChI=1S/C19H21N7/c20-10-14-9-17-13(11-22-14)1-2-15(24-17)16-3-6-21-18(25-16)26-8-7-23-19(12-26)4-5-19/h1-3,6,9,11,23H,4-5,7-8,10,12,20H2. The number of piperazine rings is 1. The van der Waals surface area contributed by atoms with Crippen LogP contribution in [0.15, 0.2) is 36.7 Å². The third kappa shape index (κ3) is 2.79. The Morgan fingerprint density at radius 3 is 2.85 bits per heavy atom. The van der Waals surface area contributed by atoms with Gasteiger partial charge in [-0.3, -0.25) is 4.98 Å². The highest BCUT2D eigenvalue weighted by atomic mass is 15.3. The smallest absolute Gasteiger partial charge is 0.226 e. The molecular formula is C19H21N7. The van der Waals surface area contributed by atoms with Crippen LogP contribution in [-0.4, -0.2) is 45.1 Å². The van der Waals surface area contributed by atoms with E-state index in [0.29, 0.717) is 12.1 Å². The molecule has 3 N–H and O–H groups in total. The average molecular weight is 347 g/mol. The van der Waals surface area contributed by atoms with E-state index in [1.807, 2.05) is 36.7 Å². The molecule has 5 rings (SSSR count). The lowest BCUT2D eigenvalue weighted by atomic mass is 10.2. The molecule has 0 amide bonds. The van der Waals surface area contributed by atoms with Crippen LogP contribution in [0.3, 0.4) is 0 Å².